The Labute approximate surface area is 127 Å². The van der Waals surface area contributed by atoms with Crippen molar-refractivity contribution in [2.24, 2.45) is 0 Å². The summed E-state index contributed by atoms with van der Waals surface area (Å²) in [5, 5.41) is 3.26. The third-order valence-corrected chi connectivity index (χ3v) is 3.80. The molecule has 1 N–H and O–H groups in total. The molecule has 0 atom stereocenters. The van der Waals surface area contributed by atoms with E-state index >= 15 is 0 Å². The number of methoxy groups -OCH3 is 1. The summed E-state index contributed by atoms with van der Waals surface area (Å²) in [5.74, 6) is 1.03. The molecule has 21 heavy (non-hydrogen) atoms. The number of rotatable bonds is 9. The van der Waals surface area contributed by atoms with Gasteiger partial charge < -0.3 is 19.5 Å². The maximum Gasteiger partial charge on any atom is 0.123 e. The van der Waals surface area contributed by atoms with Crippen molar-refractivity contribution in [2.45, 2.75) is 25.7 Å². The van der Waals surface area contributed by atoms with Gasteiger partial charge in [0.05, 0.1) is 26.4 Å². The van der Waals surface area contributed by atoms with Crippen LogP contribution in [-0.2, 0) is 21.3 Å². The molecule has 4 nitrogen and oxygen atoms in total. The minimum Gasteiger partial charge on any atom is -0.492 e. The highest BCUT2D eigenvalue weighted by Crippen LogP contribution is 2.38. The van der Waals surface area contributed by atoms with E-state index in [1.807, 2.05) is 0 Å². The first kappa shape index (κ1) is 16.3. The third-order valence-electron chi connectivity index (χ3n) is 3.80. The summed E-state index contributed by atoms with van der Waals surface area (Å²) in [6.07, 6.45) is 0.946. The summed E-state index contributed by atoms with van der Waals surface area (Å²) in [7, 11) is 1.71. The molecule has 2 rings (SSSR count). The van der Waals surface area contributed by atoms with Gasteiger partial charge in [-0.25, -0.2) is 0 Å². The maximum absolute atomic E-state index is 5.71. The SMILES string of the molecule is COCCNCCOCCc1ccc2c(c1)C(C)(C)CO2. The van der Waals surface area contributed by atoms with Gasteiger partial charge in [0.15, 0.2) is 0 Å². The molecule has 1 aliphatic heterocycles. The van der Waals surface area contributed by atoms with Gasteiger partial charge in [-0.2, -0.15) is 0 Å². The zero-order chi connectivity index (χ0) is 15.1. The highest BCUT2D eigenvalue weighted by molar-refractivity contribution is 5.45. The van der Waals surface area contributed by atoms with Crippen molar-refractivity contribution >= 4 is 0 Å². The molecular formula is C17H27NO3. The molecule has 1 heterocycles. The first-order chi connectivity index (χ1) is 10.1. The van der Waals surface area contributed by atoms with E-state index in [1.165, 1.54) is 11.1 Å². The van der Waals surface area contributed by atoms with E-state index in [1.54, 1.807) is 7.11 Å². The van der Waals surface area contributed by atoms with Crippen molar-refractivity contribution in [1.29, 1.82) is 0 Å². The van der Waals surface area contributed by atoms with E-state index in [0.717, 1.165) is 51.7 Å². The number of nitrogens with one attached hydrogen (secondary N) is 1. The van der Waals surface area contributed by atoms with Crippen LogP contribution in [0.5, 0.6) is 5.75 Å². The minimum absolute atomic E-state index is 0.122. The molecule has 0 bridgehead atoms. The lowest BCUT2D eigenvalue weighted by atomic mass is 9.86. The van der Waals surface area contributed by atoms with Gasteiger partial charge in [-0.15, -0.1) is 0 Å². The smallest absolute Gasteiger partial charge is 0.123 e. The molecule has 4 heteroatoms. The summed E-state index contributed by atoms with van der Waals surface area (Å²) in [4.78, 5) is 0. The molecule has 0 saturated carbocycles. The van der Waals surface area contributed by atoms with E-state index in [0.29, 0.717) is 0 Å². The summed E-state index contributed by atoms with van der Waals surface area (Å²) in [6.45, 7) is 9.21. The van der Waals surface area contributed by atoms with Gasteiger partial charge in [-0.05, 0) is 18.1 Å². The molecule has 0 spiro atoms. The number of ether oxygens (including phenoxy) is 3. The van der Waals surface area contributed by atoms with Crippen molar-refractivity contribution in [3.05, 3.63) is 29.3 Å². The van der Waals surface area contributed by atoms with Crippen LogP contribution in [0.4, 0.5) is 0 Å². The number of hydrogen-bond donors (Lipinski definition) is 1. The Kier molecular flexibility index (Phi) is 6.03. The van der Waals surface area contributed by atoms with E-state index in [2.05, 4.69) is 37.4 Å². The molecule has 1 aromatic rings. The third kappa shape index (κ3) is 4.70. The monoisotopic (exact) mass is 293 g/mol. The van der Waals surface area contributed by atoms with Gasteiger partial charge in [-0.1, -0.05) is 26.0 Å². The topological polar surface area (TPSA) is 39.7 Å². The fourth-order valence-corrected chi connectivity index (χ4v) is 2.46. The zero-order valence-electron chi connectivity index (χ0n) is 13.4. The number of benzene rings is 1. The lowest BCUT2D eigenvalue weighted by Crippen LogP contribution is -2.23. The molecule has 0 fully saturated rings. The molecule has 1 aromatic carbocycles. The van der Waals surface area contributed by atoms with Gasteiger partial charge >= 0.3 is 0 Å². The van der Waals surface area contributed by atoms with Crippen LogP contribution in [0.1, 0.15) is 25.0 Å². The Hall–Kier alpha value is -1.10. The summed E-state index contributed by atoms with van der Waals surface area (Å²) >= 11 is 0. The molecular weight excluding hydrogens is 266 g/mol. The first-order valence-electron chi connectivity index (χ1n) is 7.67. The Morgan fingerprint density at radius 2 is 2.00 bits per heavy atom. The predicted molar refractivity (Wildman–Crippen MR) is 84.2 cm³/mol. The van der Waals surface area contributed by atoms with Crippen molar-refractivity contribution in [3.63, 3.8) is 0 Å². The quantitative estimate of drug-likeness (QED) is 0.708. The van der Waals surface area contributed by atoms with Crippen LogP contribution in [0.3, 0.4) is 0 Å². The van der Waals surface area contributed by atoms with Gasteiger partial charge in [0.25, 0.3) is 0 Å². The largest absolute Gasteiger partial charge is 0.492 e. The number of hydrogen-bond acceptors (Lipinski definition) is 4. The van der Waals surface area contributed by atoms with Gasteiger partial charge in [0, 0.05) is 31.2 Å². The summed E-state index contributed by atoms with van der Waals surface area (Å²) < 4.78 is 16.3. The normalized spacial score (nSPS) is 15.8. The lowest BCUT2D eigenvalue weighted by Gasteiger charge is -2.16. The molecule has 0 aromatic heterocycles. The standard InChI is InChI=1S/C17H27NO3/c1-17(2)13-21-16-5-4-14(12-15(16)17)6-9-20-11-8-18-7-10-19-3/h4-5,12,18H,6-11,13H2,1-3H3. The Balaban J connectivity index is 1.68. The van der Waals surface area contributed by atoms with Gasteiger partial charge in [0.2, 0.25) is 0 Å². The van der Waals surface area contributed by atoms with Crippen LogP contribution in [0.2, 0.25) is 0 Å². The van der Waals surface area contributed by atoms with Crippen LogP contribution in [0.25, 0.3) is 0 Å². The average Bonchev–Trinajstić information content (AvgIpc) is 2.77. The minimum atomic E-state index is 0.122. The highest BCUT2D eigenvalue weighted by atomic mass is 16.5. The van der Waals surface area contributed by atoms with Crippen LogP contribution in [0.15, 0.2) is 18.2 Å². The molecule has 0 amide bonds. The van der Waals surface area contributed by atoms with Crippen molar-refractivity contribution in [2.75, 3.05) is 46.6 Å². The number of fused-ring (bicyclic) bond motifs is 1. The van der Waals surface area contributed by atoms with Crippen LogP contribution >= 0.6 is 0 Å². The fourth-order valence-electron chi connectivity index (χ4n) is 2.46. The van der Waals surface area contributed by atoms with Crippen molar-refractivity contribution in [1.82, 2.24) is 5.32 Å². The Morgan fingerprint density at radius 1 is 1.19 bits per heavy atom. The van der Waals surface area contributed by atoms with E-state index < -0.39 is 0 Å². The van der Waals surface area contributed by atoms with Gasteiger partial charge in [0.1, 0.15) is 5.75 Å². The summed E-state index contributed by atoms with van der Waals surface area (Å²) in [6, 6.07) is 6.49. The lowest BCUT2D eigenvalue weighted by molar-refractivity contribution is 0.135. The molecule has 1 aliphatic rings. The van der Waals surface area contributed by atoms with E-state index in [4.69, 9.17) is 14.2 Å². The van der Waals surface area contributed by atoms with E-state index in [-0.39, 0.29) is 5.41 Å². The molecule has 0 radical (unpaired) electrons. The van der Waals surface area contributed by atoms with Crippen LogP contribution in [-0.4, -0.2) is 46.6 Å². The molecule has 0 unspecified atom stereocenters. The van der Waals surface area contributed by atoms with E-state index in [9.17, 15) is 0 Å². The van der Waals surface area contributed by atoms with Crippen LogP contribution in [0, 0.1) is 0 Å². The second-order valence-corrected chi connectivity index (χ2v) is 6.11. The van der Waals surface area contributed by atoms with Crippen molar-refractivity contribution in [3.8, 4) is 5.75 Å². The van der Waals surface area contributed by atoms with Crippen molar-refractivity contribution < 1.29 is 14.2 Å². The van der Waals surface area contributed by atoms with Gasteiger partial charge in [-0.3, -0.25) is 0 Å². The Bertz CT molecular complexity index is 446. The molecule has 118 valence electrons. The predicted octanol–water partition coefficient (Wildman–Crippen LogP) is 2.15. The average molecular weight is 293 g/mol. The highest BCUT2D eigenvalue weighted by Gasteiger charge is 2.31. The fraction of sp³-hybridized carbons (Fsp3) is 0.647. The Morgan fingerprint density at radius 3 is 2.81 bits per heavy atom. The maximum atomic E-state index is 5.71. The molecule has 0 saturated heterocycles. The second-order valence-electron chi connectivity index (χ2n) is 6.11. The van der Waals surface area contributed by atoms with Crippen LogP contribution < -0.4 is 10.1 Å². The first-order valence-corrected chi connectivity index (χ1v) is 7.67. The summed E-state index contributed by atoms with van der Waals surface area (Å²) in [5.41, 5.74) is 2.76. The zero-order valence-corrected chi connectivity index (χ0v) is 13.4. The second kappa shape index (κ2) is 7.78. The molecule has 0 aliphatic carbocycles.